The number of hydrogen-bond acceptors (Lipinski definition) is 9. The number of aliphatic hydroxyl groups excluding tert-OH is 1. The van der Waals surface area contributed by atoms with Crippen molar-refractivity contribution in [1.82, 2.24) is 20.1 Å². The van der Waals surface area contributed by atoms with Crippen LogP contribution < -0.4 is 10.6 Å². The van der Waals surface area contributed by atoms with Gasteiger partial charge in [0.15, 0.2) is 0 Å². The summed E-state index contributed by atoms with van der Waals surface area (Å²) in [4.78, 5) is 19.7. The van der Waals surface area contributed by atoms with Crippen LogP contribution in [0.4, 0.5) is 21.6 Å². The fraction of sp³-hybridized carbons (Fsp3) is 0.429. The molecule has 2 fully saturated rings. The number of likely N-dealkylation sites (tertiary alicyclic amines) is 1. The second kappa shape index (κ2) is 13.2. The molecule has 9 nitrogen and oxygen atoms in total. The van der Waals surface area contributed by atoms with E-state index in [2.05, 4.69) is 30.7 Å². The van der Waals surface area contributed by atoms with Gasteiger partial charge in [-0.2, -0.15) is 0 Å². The summed E-state index contributed by atoms with van der Waals surface area (Å²) < 4.78 is 20.0. The zero-order chi connectivity index (χ0) is 28.1. The Morgan fingerprint density at radius 2 is 2.00 bits per heavy atom. The van der Waals surface area contributed by atoms with Gasteiger partial charge >= 0.3 is 0 Å². The number of nitrogens with zero attached hydrogens (tertiary/aromatic N) is 4. The van der Waals surface area contributed by atoms with Crippen LogP contribution in [-0.4, -0.2) is 75.8 Å². The third kappa shape index (κ3) is 6.90. The highest BCUT2D eigenvalue weighted by molar-refractivity contribution is 7.99. The van der Waals surface area contributed by atoms with E-state index in [0.717, 1.165) is 38.8 Å². The molecule has 0 bridgehead atoms. The zero-order valence-electron chi connectivity index (χ0n) is 22.1. The molecule has 2 aliphatic rings. The van der Waals surface area contributed by atoms with Gasteiger partial charge in [-0.05, 0) is 56.0 Å². The molecule has 12 heteroatoms. The number of pyridine rings is 1. The fourth-order valence-corrected chi connectivity index (χ4v) is 5.90. The molecule has 3 heterocycles. The number of aliphatic hydroxyl groups is 1. The van der Waals surface area contributed by atoms with Crippen LogP contribution in [0, 0.1) is 11.7 Å². The van der Waals surface area contributed by atoms with Gasteiger partial charge < -0.3 is 25.4 Å². The van der Waals surface area contributed by atoms with Gasteiger partial charge in [-0.15, -0.1) is 22.0 Å². The van der Waals surface area contributed by atoms with Crippen LogP contribution in [-0.2, 0) is 9.53 Å². The predicted octanol–water partition coefficient (Wildman–Crippen LogP) is 4.99. The molecule has 3 aromatic rings. The first-order valence-electron chi connectivity index (χ1n) is 13.3. The highest BCUT2D eigenvalue weighted by Gasteiger charge is 2.39. The third-order valence-electron chi connectivity index (χ3n) is 7.39. The van der Waals surface area contributed by atoms with Crippen molar-refractivity contribution >= 4 is 46.5 Å². The normalized spacial score (nSPS) is 19.7. The van der Waals surface area contributed by atoms with Gasteiger partial charge in [-0.1, -0.05) is 11.6 Å². The number of aromatic nitrogens is 3. The Morgan fingerprint density at radius 3 is 2.75 bits per heavy atom. The van der Waals surface area contributed by atoms with E-state index in [-0.39, 0.29) is 24.0 Å². The highest BCUT2D eigenvalue weighted by atomic mass is 35.5. The minimum Gasteiger partial charge on any atom is -0.396 e. The second-order valence-electron chi connectivity index (χ2n) is 9.98. The number of carbonyl (C=O) groups excluding carboxylic acids is 1. The van der Waals surface area contributed by atoms with Crippen LogP contribution in [0.2, 0.25) is 5.02 Å². The van der Waals surface area contributed by atoms with E-state index in [1.807, 2.05) is 0 Å². The predicted molar refractivity (Wildman–Crippen MR) is 155 cm³/mol. The Kier molecular flexibility index (Phi) is 9.48. The zero-order valence-corrected chi connectivity index (χ0v) is 23.7. The van der Waals surface area contributed by atoms with Crippen molar-refractivity contribution in [3.63, 3.8) is 0 Å². The minimum atomic E-state index is -0.466. The van der Waals surface area contributed by atoms with E-state index in [9.17, 15) is 14.3 Å². The van der Waals surface area contributed by atoms with Crippen LogP contribution in [0.5, 0.6) is 0 Å². The fourth-order valence-electron chi connectivity index (χ4n) is 5.08. The summed E-state index contributed by atoms with van der Waals surface area (Å²) in [6.07, 6.45) is 5.72. The average molecular weight is 587 g/mol. The van der Waals surface area contributed by atoms with Gasteiger partial charge in [0.1, 0.15) is 16.7 Å². The Labute approximate surface area is 241 Å². The lowest BCUT2D eigenvalue weighted by Crippen LogP contribution is -2.51. The molecule has 0 radical (unpaired) electrons. The Balaban J connectivity index is 1.25. The van der Waals surface area contributed by atoms with E-state index in [0.29, 0.717) is 50.8 Å². The Bertz CT molecular complexity index is 1340. The van der Waals surface area contributed by atoms with Crippen LogP contribution in [0.3, 0.4) is 0 Å². The number of ether oxygens (including phenoxy) is 1. The average Bonchev–Trinajstić information content (AvgIpc) is 2.93. The summed E-state index contributed by atoms with van der Waals surface area (Å²) in [5, 5.41) is 24.9. The maximum absolute atomic E-state index is 14.5. The molecule has 1 saturated heterocycles. The summed E-state index contributed by atoms with van der Waals surface area (Å²) in [5.74, 6) is 0.318. The number of piperidine rings is 1. The molecule has 1 aromatic carbocycles. The van der Waals surface area contributed by atoms with Crippen molar-refractivity contribution < 1.29 is 19.0 Å². The van der Waals surface area contributed by atoms with Crippen LogP contribution >= 0.6 is 23.4 Å². The summed E-state index contributed by atoms with van der Waals surface area (Å²) in [5.41, 5.74) is 1.77. The molecule has 1 aliphatic carbocycles. The molecular weight excluding hydrogens is 555 g/mol. The number of carbonyl (C=O) groups is 1. The molecule has 1 aliphatic heterocycles. The number of thioether (sulfide) groups is 1. The smallest absolute Gasteiger partial charge is 0.228 e. The van der Waals surface area contributed by atoms with Gasteiger partial charge in [-0.25, -0.2) is 9.37 Å². The van der Waals surface area contributed by atoms with E-state index in [4.69, 9.17) is 16.3 Å². The Morgan fingerprint density at radius 1 is 1.20 bits per heavy atom. The van der Waals surface area contributed by atoms with Gasteiger partial charge in [0.2, 0.25) is 5.91 Å². The lowest BCUT2D eigenvalue weighted by molar-refractivity contribution is -0.125. The van der Waals surface area contributed by atoms with Crippen molar-refractivity contribution in [1.29, 1.82) is 0 Å². The summed E-state index contributed by atoms with van der Waals surface area (Å²) in [6.45, 7) is 2.00. The number of nitrogens with one attached hydrogen (secondary N) is 2. The van der Waals surface area contributed by atoms with Gasteiger partial charge in [0, 0.05) is 66.4 Å². The van der Waals surface area contributed by atoms with Crippen molar-refractivity contribution in [2.75, 3.05) is 43.2 Å². The molecule has 1 saturated carbocycles. The molecule has 1 amide bonds. The number of halogens is 2. The number of amides is 1. The third-order valence-corrected chi connectivity index (χ3v) is 8.59. The topological polar surface area (TPSA) is 113 Å². The standard InChI is InChI=1S/C28H32ClFN6O3S/c1-39-21-5-8-36(9-6-21)20-12-17(13-20)27(38)33-26-15-19(4-7-31-26)32-25-16-24(34-35-28(25)40-11-10-37)22-14-18(29)2-3-23(22)30/h2-4,7,14-17,20-21,37H,5-6,8-13H2,1H3,(H2,31,32,33,34,38). The number of rotatable bonds is 10. The van der Waals surface area contributed by atoms with Gasteiger partial charge in [0.05, 0.1) is 24.1 Å². The van der Waals surface area contributed by atoms with Crippen LogP contribution in [0.1, 0.15) is 25.7 Å². The molecule has 212 valence electrons. The van der Waals surface area contributed by atoms with Gasteiger partial charge in [0.25, 0.3) is 0 Å². The maximum atomic E-state index is 14.5. The summed E-state index contributed by atoms with van der Waals surface area (Å²) >= 11 is 7.40. The molecule has 0 atom stereocenters. The quantitative estimate of drug-likeness (QED) is 0.283. The van der Waals surface area contributed by atoms with E-state index in [1.54, 1.807) is 31.5 Å². The first-order valence-corrected chi connectivity index (χ1v) is 14.7. The number of hydrogen-bond donors (Lipinski definition) is 3. The van der Waals surface area contributed by atoms with Crippen molar-refractivity contribution in [3.8, 4) is 11.3 Å². The summed E-state index contributed by atoms with van der Waals surface area (Å²) in [6, 6.07) is 9.89. The Hall–Kier alpha value is -2.83. The number of benzene rings is 1. The largest absolute Gasteiger partial charge is 0.396 e. The van der Waals surface area contributed by atoms with Crippen molar-refractivity contribution in [2.24, 2.45) is 5.92 Å². The SMILES string of the molecule is COC1CCN(C2CC(C(=O)Nc3cc(Nc4cc(-c5cc(Cl)ccc5F)nnc4SCCO)ccn3)C2)CC1. The maximum Gasteiger partial charge on any atom is 0.228 e. The minimum absolute atomic E-state index is 0.0313. The van der Waals surface area contributed by atoms with Crippen molar-refractivity contribution in [3.05, 3.63) is 53.4 Å². The lowest BCUT2D eigenvalue weighted by Gasteiger charge is -2.44. The van der Waals surface area contributed by atoms with Gasteiger partial charge in [-0.3, -0.25) is 4.79 Å². The van der Waals surface area contributed by atoms with E-state index >= 15 is 0 Å². The first-order chi connectivity index (χ1) is 19.4. The molecule has 0 unspecified atom stereocenters. The van der Waals surface area contributed by atoms with Crippen LogP contribution in [0.25, 0.3) is 11.3 Å². The molecule has 40 heavy (non-hydrogen) atoms. The second-order valence-corrected chi connectivity index (χ2v) is 11.5. The molecule has 0 spiro atoms. The first kappa shape index (κ1) is 28.7. The van der Waals surface area contributed by atoms with E-state index < -0.39 is 5.82 Å². The van der Waals surface area contributed by atoms with E-state index in [1.165, 1.54) is 30.0 Å². The molecular formula is C28H32ClFN6O3S. The molecule has 3 N–H and O–H groups in total. The van der Waals surface area contributed by atoms with Crippen molar-refractivity contribution in [2.45, 2.75) is 42.9 Å². The summed E-state index contributed by atoms with van der Waals surface area (Å²) in [7, 11) is 1.77. The monoisotopic (exact) mass is 586 g/mol. The molecule has 2 aromatic heterocycles. The lowest BCUT2D eigenvalue weighted by atomic mass is 9.78. The number of methoxy groups -OCH3 is 1. The van der Waals surface area contributed by atoms with Crippen LogP contribution in [0.15, 0.2) is 47.6 Å². The number of anilines is 3. The molecule has 5 rings (SSSR count). The highest BCUT2D eigenvalue weighted by Crippen LogP contribution is 2.35.